The number of nitrogens with zero attached hydrogens (tertiary/aromatic N) is 2. The number of nitrogens with one attached hydrogen (secondary N) is 1. The lowest BCUT2D eigenvalue weighted by Gasteiger charge is -2.27. The van der Waals surface area contributed by atoms with Crippen LogP contribution in [0.5, 0.6) is 0 Å². The van der Waals surface area contributed by atoms with Crippen molar-refractivity contribution >= 4 is 23.4 Å². The summed E-state index contributed by atoms with van der Waals surface area (Å²) in [4.78, 5) is 32.5. The summed E-state index contributed by atoms with van der Waals surface area (Å²) in [6.45, 7) is 4.49. The molecule has 0 spiro atoms. The molecule has 1 aliphatic heterocycles. The molecule has 1 aromatic carbocycles. The Bertz CT molecular complexity index is 1060. The highest BCUT2D eigenvalue weighted by molar-refractivity contribution is 6.30. The Kier molecular flexibility index (Phi) is 6.98. The lowest BCUT2D eigenvalue weighted by Crippen LogP contribution is -2.47. The second-order valence-corrected chi connectivity index (χ2v) is 9.40. The maximum absolute atomic E-state index is 14.6. The Morgan fingerprint density at radius 2 is 1.97 bits per heavy atom. The molecule has 2 fully saturated rings. The van der Waals surface area contributed by atoms with Crippen LogP contribution in [0, 0.1) is 23.5 Å². The highest BCUT2D eigenvalue weighted by atomic mass is 35.5. The molecule has 2 aromatic rings. The van der Waals surface area contributed by atoms with Gasteiger partial charge in [-0.15, -0.1) is 0 Å². The van der Waals surface area contributed by atoms with E-state index in [1.165, 1.54) is 0 Å². The number of likely N-dealkylation sites (tertiary alicyclic amines) is 1. The molecule has 176 valence electrons. The summed E-state index contributed by atoms with van der Waals surface area (Å²) in [5.41, 5.74) is 1.40. The van der Waals surface area contributed by atoms with Crippen molar-refractivity contribution in [3.05, 3.63) is 63.9 Å². The van der Waals surface area contributed by atoms with E-state index >= 15 is 0 Å². The van der Waals surface area contributed by atoms with Crippen molar-refractivity contribution in [1.29, 1.82) is 0 Å². The highest BCUT2D eigenvalue weighted by Crippen LogP contribution is 2.43. The van der Waals surface area contributed by atoms with Crippen LogP contribution in [0.15, 0.2) is 30.5 Å². The monoisotopic (exact) mass is 475 g/mol. The summed E-state index contributed by atoms with van der Waals surface area (Å²) in [5.74, 6) is -1.79. The topological polar surface area (TPSA) is 62.3 Å². The largest absolute Gasteiger partial charge is 0.347 e. The van der Waals surface area contributed by atoms with Gasteiger partial charge in [0.1, 0.15) is 23.4 Å². The first-order valence-corrected chi connectivity index (χ1v) is 11.9. The smallest absolute Gasteiger partial charge is 0.273 e. The van der Waals surface area contributed by atoms with Gasteiger partial charge in [0, 0.05) is 18.3 Å². The fourth-order valence-corrected chi connectivity index (χ4v) is 4.71. The molecular weight excluding hydrogens is 448 g/mol. The summed E-state index contributed by atoms with van der Waals surface area (Å²) >= 11 is 5.71. The van der Waals surface area contributed by atoms with E-state index in [1.54, 1.807) is 17.2 Å². The predicted molar refractivity (Wildman–Crippen MR) is 122 cm³/mol. The summed E-state index contributed by atoms with van der Waals surface area (Å²) in [6, 6.07) is 4.28. The molecule has 0 bridgehead atoms. The van der Waals surface area contributed by atoms with Crippen LogP contribution in [-0.2, 0) is 11.2 Å². The van der Waals surface area contributed by atoms with Gasteiger partial charge >= 0.3 is 0 Å². The number of hydrogen-bond acceptors (Lipinski definition) is 3. The van der Waals surface area contributed by atoms with Crippen LogP contribution in [0.4, 0.5) is 8.78 Å². The van der Waals surface area contributed by atoms with Gasteiger partial charge in [-0.2, -0.15) is 0 Å². The van der Waals surface area contributed by atoms with E-state index in [0.717, 1.165) is 43.4 Å². The molecule has 2 amide bonds. The zero-order valence-corrected chi connectivity index (χ0v) is 19.5. The molecule has 1 saturated heterocycles. The van der Waals surface area contributed by atoms with Crippen molar-refractivity contribution < 1.29 is 18.4 Å². The van der Waals surface area contributed by atoms with Crippen molar-refractivity contribution in [2.75, 3.05) is 6.54 Å². The first-order chi connectivity index (χ1) is 15.8. The fourth-order valence-electron chi connectivity index (χ4n) is 4.55. The number of halogens is 3. The highest BCUT2D eigenvalue weighted by Gasteiger charge is 2.42. The van der Waals surface area contributed by atoms with Crippen LogP contribution in [-0.4, -0.2) is 34.3 Å². The van der Waals surface area contributed by atoms with Crippen molar-refractivity contribution in [3.63, 3.8) is 0 Å². The minimum Gasteiger partial charge on any atom is -0.347 e. The van der Waals surface area contributed by atoms with Crippen molar-refractivity contribution in [1.82, 2.24) is 15.2 Å². The Morgan fingerprint density at radius 1 is 1.21 bits per heavy atom. The van der Waals surface area contributed by atoms with Crippen LogP contribution < -0.4 is 5.32 Å². The summed E-state index contributed by atoms with van der Waals surface area (Å²) in [5, 5.41) is 2.63. The normalized spacial score (nSPS) is 21.2. The number of pyridine rings is 1. The van der Waals surface area contributed by atoms with Gasteiger partial charge < -0.3 is 10.2 Å². The number of hydrogen-bond donors (Lipinski definition) is 1. The zero-order chi connectivity index (χ0) is 23.7. The van der Waals surface area contributed by atoms with Gasteiger partial charge in [-0.25, -0.2) is 8.78 Å². The van der Waals surface area contributed by atoms with Crippen molar-refractivity contribution in [3.8, 4) is 0 Å². The molecule has 1 unspecified atom stereocenters. The molecule has 1 N–H and O–H groups in total. The summed E-state index contributed by atoms with van der Waals surface area (Å²) in [7, 11) is 0. The molecule has 2 aliphatic rings. The van der Waals surface area contributed by atoms with Gasteiger partial charge in [-0.3, -0.25) is 14.6 Å². The maximum atomic E-state index is 14.6. The average Bonchev–Trinajstić information content (AvgIpc) is 3.57. The van der Waals surface area contributed by atoms with Crippen LogP contribution in [0.25, 0.3) is 0 Å². The Morgan fingerprint density at radius 3 is 2.64 bits per heavy atom. The molecule has 33 heavy (non-hydrogen) atoms. The first kappa shape index (κ1) is 23.6. The lowest BCUT2D eigenvalue weighted by molar-refractivity contribution is -0.125. The summed E-state index contributed by atoms with van der Waals surface area (Å²) < 4.78 is 28.7. The van der Waals surface area contributed by atoms with E-state index in [1.807, 2.05) is 19.9 Å². The fraction of sp³-hybridized carbons (Fsp3) is 0.480. The van der Waals surface area contributed by atoms with Crippen LogP contribution >= 0.6 is 11.6 Å². The Labute approximate surface area is 197 Å². The quantitative estimate of drug-likeness (QED) is 0.568. The average molecular weight is 476 g/mol. The van der Waals surface area contributed by atoms with E-state index in [2.05, 4.69) is 10.3 Å². The van der Waals surface area contributed by atoms with Gasteiger partial charge in [0.2, 0.25) is 5.91 Å². The number of benzene rings is 1. The van der Waals surface area contributed by atoms with E-state index in [-0.39, 0.29) is 34.2 Å². The van der Waals surface area contributed by atoms with Gasteiger partial charge in [0.15, 0.2) is 0 Å². The molecule has 8 heteroatoms. The number of rotatable bonds is 7. The molecule has 2 heterocycles. The van der Waals surface area contributed by atoms with Gasteiger partial charge in [-0.05, 0) is 67.3 Å². The molecule has 0 radical (unpaired) electrons. The van der Waals surface area contributed by atoms with E-state index in [9.17, 15) is 18.4 Å². The molecule has 5 nitrogen and oxygen atoms in total. The molecular formula is C25H28ClF2N3O2. The predicted octanol–water partition coefficient (Wildman–Crippen LogP) is 5.08. The minimum absolute atomic E-state index is 0.0273. The number of carbonyl (C=O) groups is 2. The van der Waals surface area contributed by atoms with Crippen LogP contribution in [0.3, 0.4) is 0 Å². The summed E-state index contributed by atoms with van der Waals surface area (Å²) in [6.07, 6.45) is 5.36. The Hall–Kier alpha value is -2.54. The van der Waals surface area contributed by atoms with E-state index in [4.69, 9.17) is 11.6 Å². The van der Waals surface area contributed by atoms with Crippen molar-refractivity contribution in [2.24, 2.45) is 11.8 Å². The third kappa shape index (κ3) is 5.03. The number of amides is 2. The molecule has 1 aromatic heterocycles. The molecule has 1 saturated carbocycles. The van der Waals surface area contributed by atoms with E-state index < -0.39 is 23.7 Å². The third-order valence-corrected chi connectivity index (χ3v) is 7.04. The standard InChI is InChI=1S/C25H28ClF2N3O2/c1-3-14-7-8-29-21(9-14)25(33)31-13-15(4-2)10-22(31)24(32)30-23(16-5-6-16)17-11-20(28)18(26)12-19(17)27/h7-9,11-12,15-16,22-23H,3-6,10,13H2,1-2H3,(H,30,32)/t15-,22-,23?/m1/s1. The maximum Gasteiger partial charge on any atom is 0.273 e. The number of carbonyl (C=O) groups excluding carboxylic acids is 2. The third-order valence-electron chi connectivity index (χ3n) is 6.75. The molecule has 1 aliphatic carbocycles. The second-order valence-electron chi connectivity index (χ2n) is 9.00. The van der Waals surface area contributed by atoms with Crippen molar-refractivity contribution in [2.45, 2.75) is 58.0 Å². The van der Waals surface area contributed by atoms with E-state index in [0.29, 0.717) is 18.7 Å². The lowest BCUT2D eigenvalue weighted by atomic mass is 9.99. The SMILES string of the molecule is CCc1ccnc(C(=O)N2C[C@H](CC)C[C@@H]2C(=O)NC(c2cc(F)c(Cl)cc2F)C2CC2)c1. The van der Waals surface area contributed by atoms with Gasteiger partial charge in [-0.1, -0.05) is 31.9 Å². The minimum atomic E-state index is -0.724. The molecule has 4 rings (SSSR count). The van der Waals surface area contributed by atoms with Gasteiger partial charge in [0.25, 0.3) is 5.91 Å². The number of aryl methyl sites for hydroxylation is 1. The second kappa shape index (κ2) is 9.75. The van der Waals surface area contributed by atoms with Gasteiger partial charge in [0.05, 0.1) is 11.1 Å². The van der Waals surface area contributed by atoms with Crippen LogP contribution in [0.1, 0.15) is 67.2 Å². The zero-order valence-electron chi connectivity index (χ0n) is 18.8. The first-order valence-electron chi connectivity index (χ1n) is 11.5. The number of aromatic nitrogens is 1. The Balaban J connectivity index is 1.58. The molecule has 3 atom stereocenters. The van der Waals surface area contributed by atoms with Crippen LogP contribution in [0.2, 0.25) is 5.02 Å².